The van der Waals surface area contributed by atoms with Crippen LogP contribution >= 0.6 is 0 Å². The lowest BCUT2D eigenvalue weighted by Gasteiger charge is -2.11. The molecule has 8 aromatic carbocycles. The van der Waals surface area contributed by atoms with E-state index in [0.29, 0.717) is 5.56 Å². The molecule has 3 aromatic heterocycles. The van der Waals surface area contributed by atoms with Crippen molar-refractivity contribution in [1.29, 1.82) is 5.26 Å². The molecule has 0 bridgehead atoms. The van der Waals surface area contributed by atoms with Crippen molar-refractivity contribution in [2.75, 3.05) is 0 Å². The van der Waals surface area contributed by atoms with Crippen LogP contribution in [0.3, 0.4) is 0 Å². The monoisotopic (exact) mass is 674 g/mol. The molecule has 53 heavy (non-hydrogen) atoms. The van der Waals surface area contributed by atoms with Crippen LogP contribution in [-0.2, 0) is 0 Å². The van der Waals surface area contributed by atoms with Gasteiger partial charge in [0.15, 0.2) is 0 Å². The second-order valence-corrected chi connectivity index (χ2v) is 13.7. The molecule has 0 atom stereocenters. The zero-order valence-corrected chi connectivity index (χ0v) is 28.6. The molecule has 0 N–H and O–H groups in total. The van der Waals surface area contributed by atoms with Crippen LogP contribution in [0, 0.1) is 11.3 Å². The summed E-state index contributed by atoms with van der Waals surface area (Å²) in [7, 11) is 0. The summed E-state index contributed by atoms with van der Waals surface area (Å²) in [5.74, 6) is 0. The molecule has 3 heterocycles. The van der Waals surface area contributed by atoms with E-state index in [1.807, 2.05) is 24.3 Å². The molecule has 0 spiro atoms. The highest BCUT2D eigenvalue weighted by Gasteiger charge is 2.19. The quantitative estimate of drug-likeness (QED) is 0.183. The lowest BCUT2D eigenvalue weighted by atomic mass is 10.0. The van der Waals surface area contributed by atoms with Gasteiger partial charge in [0.2, 0.25) is 0 Å². The van der Waals surface area contributed by atoms with Gasteiger partial charge in [0.1, 0.15) is 0 Å². The van der Waals surface area contributed by atoms with Crippen LogP contribution in [0.1, 0.15) is 5.56 Å². The van der Waals surface area contributed by atoms with Crippen LogP contribution in [0.25, 0.3) is 93.6 Å². The Morgan fingerprint density at radius 1 is 0.302 bits per heavy atom. The van der Waals surface area contributed by atoms with Crippen LogP contribution in [0.15, 0.2) is 182 Å². The molecular weight excluding hydrogens is 645 g/mol. The molecule has 0 aliphatic carbocycles. The van der Waals surface area contributed by atoms with Gasteiger partial charge >= 0.3 is 0 Å². The number of nitrogens with zero attached hydrogens (tertiary/aromatic N) is 4. The van der Waals surface area contributed by atoms with E-state index in [-0.39, 0.29) is 0 Å². The lowest BCUT2D eigenvalue weighted by molar-refractivity contribution is 1.16. The fraction of sp³-hybridized carbons (Fsp3) is 0. The minimum absolute atomic E-state index is 0.663. The number of para-hydroxylation sites is 4. The summed E-state index contributed by atoms with van der Waals surface area (Å²) in [6.07, 6.45) is 0. The first-order valence-electron chi connectivity index (χ1n) is 17.9. The average Bonchev–Trinajstić information content (AvgIpc) is 3.86. The van der Waals surface area contributed by atoms with Crippen molar-refractivity contribution in [3.8, 4) is 34.3 Å². The largest absolute Gasteiger partial charge is 0.309 e. The Morgan fingerprint density at radius 3 is 1.02 bits per heavy atom. The molecule has 11 rings (SSSR count). The highest BCUT2D eigenvalue weighted by atomic mass is 15.0. The second-order valence-electron chi connectivity index (χ2n) is 13.7. The number of aromatic nitrogens is 3. The molecular formula is C49H30N4. The lowest BCUT2D eigenvalue weighted by Crippen LogP contribution is -1.96. The number of hydrogen-bond donors (Lipinski definition) is 0. The van der Waals surface area contributed by atoms with E-state index in [9.17, 15) is 5.26 Å². The van der Waals surface area contributed by atoms with Crippen molar-refractivity contribution in [2.24, 2.45) is 0 Å². The number of fused-ring (bicyclic) bond motifs is 9. The minimum Gasteiger partial charge on any atom is -0.309 e. The summed E-state index contributed by atoms with van der Waals surface area (Å²) in [6.45, 7) is 0. The van der Waals surface area contributed by atoms with Crippen molar-refractivity contribution in [3.63, 3.8) is 0 Å². The van der Waals surface area contributed by atoms with Gasteiger partial charge in [-0.1, -0.05) is 97.1 Å². The van der Waals surface area contributed by atoms with Gasteiger partial charge in [0.05, 0.1) is 44.7 Å². The molecule has 0 aliphatic heterocycles. The normalized spacial score (nSPS) is 11.8. The van der Waals surface area contributed by atoms with Crippen LogP contribution in [0.5, 0.6) is 0 Å². The van der Waals surface area contributed by atoms with Crippen LogP contribution < -0.4 is 0 Å². The van der Waals surface area contributed by atoms with Gasteiger partial charge in [0.25, 0.3) is 0 Å². The number of rotatable bonds is 4. The Bertz CT molecular complexity index is 3000. The Kier molecular flexibility index (Phi) is 6.28. The van der Waals surface area contributed by atoms with Crippen molar-refractivity contribution in [2.45, 2.75) is 0 Å². The van der Waals surface area contributed by atoms with Crippen molar-refractivity contribution in [3.05, 3.63) is 188 Å². The molecule has 0 saturated carbocycles. The first-order valence-corrected chi connectivity index (χ1v) is 17.9. The van der Waals surface area contributed by atoms with Gasteiger partial charge in [-0.3, -0.25) is 0 Å². The van der Waals surface area contributed by atoms with Crippen molar-refractivity contribution >= 4 is 65.4 Å². The third-order valence-electron chi connectivity index (χ3n) is 10.9. The van der Waals surface area contributed by atoms with Crippen LogP contribution in [0.4, 0.5) is 0 Å². The topological polar surface area (TPSA) is 38.6 Å². The van der Waals surface area contributed by atoms with Crippen LogP contribution in [-0.4, -0.2) is 13.7 Å². The Labute approximate surface area is 305 Å². The molecule has 0 aliphatic rings. The number of benzene rings is 8. The Morgan fingerprint density at radius 2 is 0.623 bits per heavy atom. The van der Waals surface area contributed by atoms with Gasteiger partial charge in [-0.25, -0.2) is 0 Å². The van der Waals surface area contributed by atoms with Gasteiger partial charge < -0.3 is 13.7 Å². The van der Waals surface area contributed by atoms with Crippen LogP contribution in [0.2, 0.25) is 0 Å². The summed E-state index contributed by atoms with van der Waals surface area (Å²) in [5.41, 5.74) is 13.3. The van der Waals surface area contributed by atoms with E-state index < -0.39 is 0 Å². The van der Waals surface area contributed by atoms with Gasteiger partial charge in [-0.05, 0) is 96.1 Å². The van der Waals surface area contributed by atoms with E-state index in [1.165, 1.54) is 54.4 Å². The van der Waals surface area contributed by atoms with E-state index in [2.05, 4.69) is 177 Å². The fourth-order valence-electron chi connectivity index (χ4n) is 8.50. The zero-order valence-electron chi connectivity index (χ0n) is 28.6. The zero-order chi connectivity index (χ0) is 35.0. The summed E-state index contributed by atoms with van der Waals surface area (Å²) in [6, 6.07) is 67.3. The molecule has 246 valence electrons. The summed E-state index contributed by atoms with van der Waals surface area (Å²) in [5, 5.41) is 16.7. The molecule has 11 aromatic rings. The third kappa shape index (κ3) is 4.35. The standard InChI is InChI=1S/C49H30N4/c50-31-32-17-19-33(20-18-32)34-21-23-35(24-22-34)51-48-27-25-36(52-44-13-5-1-9-38(44)39-10-2-6-14-45(39)52)29-42(48)43-30-37(26-28-49(43)51)53-46-15-7-3-11-40(46)41-12-4-8-16-47(41)53/h1-30H. The van der Waals surface area contributed by atoms with E-state index in [1.54, 1.807) is 0 Å². The maximum atomic E-state index is 9.29. The molecule has 4 nitrogen and oxygen atoms in total. The summed E-state index contributed by atoms with van der Waals surface area (Å²) >= 11 is 0. The van der Waals surface area contributed by atoms with Gasteiger partial charge in [-0.15, -0.1) is 0 Å². The minimum atomic E-state index is 0.663. The molecule has 0 fully saturated rings. The Hall–Kier alpha value is -7.35. The SMILES string of the molecule is N#Cc1ccc(-c2ccc(-n3c4ccc(-n5c6ccccc6c6ccccc65)cc4c4cc(-n5c6ccccc6c6ccccc65)ccc43)cc2)cc1. The predicted octanol–water partition coefficient (Wildman–Crippen LogP) is 12.5. The smallest absolute Gasteiger partial charge is 0.0991 e. The van der Waals surface area contributed by atoms with Crippen molar-refractivity contribution < 1.29 is 0 Å². The first-order chi connectivity index (χ1) is 26.2. The molecule has 0 unspecified atom stereocenters. The number of hydrogen-bond acceptors (Lipinski definition) is 1. The van der Waals surface area contributed by atoms with E-state index in [0.717, 1.165) is 39.2 Å². The number of nitriles is 1. The first kappa shape index (κ1) is 29.4. The van der Waals surface area contributed by atoms with E-state index >= 15 is 0 Å². The molecule has 4 heteroatoms. The molecule has 0 saturated heterocycles. The molecule has 0 radical (unpaired) electrons. The van der Waals surface area contributed by atoms with E-state index in [4.69, 9.17) is 0 Å². The van der Waals surface area contributed by atoms with Gasteiger partial charge in [0, 0.05) is 49.4 Å². The average molecular weight is 675 g/mol. The third-order valence-corrected chi connectivity index (χ3v) is 10.9. The maximum absolute atomic E-state index is 9.29. The van der Waals surface area contributed by atoms with Crippen molar-refractivity contribution in [1.82, 2.24) is 13.7 Å². The molecule has 0 amide bonds. The maximum Gasteiger partial charge on any atom is 0.0991 e. The predicted molar refractivity (Wildman–Crippen MR) is 220 cm³/mol. The second kappa shape index (κ2) is 11.3. The Balaban J connectivity index is 1.17. The summed E-state index contributed by atoms with van der Waals surface area (Å²) < 4.78 is 7.19. The highest BCUT2D eigenvalue weighted by molar-refractivity contribution is 6.14. The fourth-order valence-corrected chi connectivity index (χ4v) is 8.50. The summed E-state index contributed by atoms with van der Waals surface area (Å²) in [4.78, 5) is 0. The van der Waals surface area contributed by atoms with Gasteiger partial charge in [-0.2, -0.15) is 5.26 Å². The highest BCUT2D eigenvalue weighted by Crippen LogP contribution is 2.39.